The average Bonchev–Trinajstić information content (AvgIpc) is 3.84. The van der Waals surface area contributed by atoms with E-state index in [0.717, 1.165) is 32.1 Å². The minimum Gasteiger partial charge on any atom is -0.394 e. The molecule has 0 aromatic heterocycles. The third-order valence-corrected chi connectivity index (χ3v) is 19.8. The molecule has 0 unspecified atom stereocenters. The van der Waals surface area contributed by atoms with Crippen LogP contribution in [0.2, 0.25) is 0 Å². The zero-order valence-electron chi connectivity index (χ0n) is 43.7. The van der Waals surface area contributed by atoms with E-state index in [0.29, 0.717) is 43.4 Å². The van der Waals surface area contributed by atoms with Crippen LogP contribution in [0.4, 0.5) is 0 Å². The van der Waals surface area contributed by atoms with Gasteiger partial charge in [0.05, 0.1) is 44.2 Å². The van der Waals surface area contributed by atoms with Crippen LogP contribution >= 0.6 is 0 Å². The van der Waals surface area contributed by atoms with Crippen LogP contribution in [0.25, 0.3) is 0 Å². The summed E-state index contributed by atoms with van der Waals surface area (Å²) in [6.45, 7) is 11.1. The summed E-state index contributed by atoms with van der Waals surface area (Å²) in [4.78, 5) is 0. The van der Waals surface area contributed by atoms with Crippen molar-refractivity contribution in [1.29, 1.82) is 0 Å². The van der Waals surface area contributed by atoms with Crippen molar-refractivity contribution in [3.8, 4) is 0 Å². The van der Waals surface area contributed by atoms with E-state index in [1.807, 2.05) is 6.92 Å². The molecule has 22 nitrogen and oxygen atoms in total. The molecule has 31 atom stereocenters. The largest absolute Gasteiger partial charge is 0.394 e. The molecule has 9 rings (SSSR count). The number of rotatable bonds is 15. The fourth-order valence-corrected chi connectivity index (χ4v) is 15.3. The quantitative estimate of drug-likeness (QED) is 0.0846. The first kappa shape index (κ1) is 57.5. The molecule has 0 amide bonds. The number of hydrogen-bond donors (Lipinski definition) is 12. The monoisotopic (exact) mass is 1060 g/mol. The third kappa shape index (κ3) is 10.1. The Balaban J connectivity index is 0.854. The molecular weight excluding hydrogens is 977 g/mol. The lowest BCUT2D eigenvalue weighted by molar-refractivity contribution is -0.388. The lowest BCUT2D eigenvalue weighted by atomic mass is 9.47. The topological polar surface area (TPSA) is 335 Å². The molecule has 22 heteroatoms. The number of aliphatic hydroxyl groups excluding tert-OH is 12. The third-order valence-electron chi connectivity index (χ3n) is 19.8. The molecule has 0 bridgehead atoms. The van der Waals surface area contributed by atoms with Gasteiger partial charge >= 0.3 is 0 Å². The van der Waals surface area contributed by atoms with E-state index in [9.17, 15) is 61.3 Å². The van der Waals surface area contributed by atoms with E-state index >= 15 is 0 Å². The second-order valence-electron chi connectivity index (χ2n) is 24.0. The highest BCUT2D eigenvalue weighted by molar-refractivity contribution is 5.26. The van der Waals surface area contributed by atoms with E-state index in [2.05, 4.69) is 26.8 Å². The summed E-state index contributed by atoms with van der Waals surface area (Å²) in [7, 11) is 1.72. The lowest BCUT2D eigenvalue weighted by Gasteiger charge is -2.58. The highest BCUT2D eigenvalue weighted by Gasteiger charge is 2.68. The van der Waals surface area contributed by atoms with Gasteiger partial charge in [-0.3, -0.25) is 0 Å². The van der Waals surface area contributed by atoms with Crippen molar-refractivity contribution in [3.63, 3.8) is 0 Å². The van der Waals surface area contributed by atoms with E-state index < -0.39 is 148 Å². The van der Waals surface area contributed by atoms with Gasteiger partial charge in [0.1, 0.15) is 85.5 Å². The first-order valence-corrected chi connectivity index (χ1v) is 27.2. The van der Waals surface area contributed by atoms with Crippen LogP contribution in [0.15, 0.2) is 11.6 Å². The molecule has 8 fully saturated rings. The molecule has 426 valence electrons. The molecule has 74 heavy (non-hydrogen) atoms. The Morgan fingerprint density at radius 1 is 0.649 bits per heavy atom. The van der Waals surface area contributed by atoms with Crippen LogP contribution in [0, 0.1) is 46.3 Å². The average molecular weight is 1060 g/mol. The molecule has 5 saturated heterocycles. The SMILES string of the molecule is CO[C@]1(CC[C@@H](C)CO[C@@H]2O[C@H](CO)[C@@H](O)[C@H](O)[C@H]2O)O[C@H]2C[C@H]3[C@@H]4CC=C5C[C@@H](O[C@@H]6O[C@H](CO)[C@H](O[C@@H]7O[C@@H](C)[C@H](O)[C@@H](O)[C@H]7O)[C@H](O)[C@H]6O[C@@H]6O[C@@H](C)[C@H](O)[C@@H](O)[C@H]6O)CC[C@]5(C)[C@H]4CC[C@]3(C)[C@H]2[C@@H]1C. The number of fused-ring (bicyclic) bond motifs is 7. The molecule has 9 aliphatic rings. The van der Waals surface area contributed by atoms with Crippen molar-refractivity contribution in [2.45, 2.75) is 240 Å². The molecule has 0 aromatic carbocycles. The number of ether oxygens (including phenoxy) is 10. The second-order valence-corrected chi connectivity index (χ2v) is 24.0. The zero-order valence-corrected chi connectivity index (χ0v) is 43.7. The minimum absolute atomic E-state index is 0.00465. The molecule has 0 spiro atoms. The predicted octanol–water partition coefficient (Wildman–Crippen LogP) is -1.33. The van der Waals surface area contributed by atoms with Gasteiger partial charge in [0.15, 0.2) is 30.9 Å². The Kier molecular flexibility index (Phi) is 17.4. The number of methoxy groups -OCH3 is 1. The van der Waals surface area contributed by atoms with Crippen molar-refractivity contribution in [3.05, 3.63) is 11.6 Å². The Labute approximate surface area is 432 Å². The summed E-state index contributed by atoms with van der Waals surface area (Å²) < 4.78 is 61.5. The lowest BCUT2D eigenvalue weighted by Crippen LogP contribution is -2.66. The first-order valence-electron chi connectivity index (χ1n) is 27.2. The fraction of sp³-hybridized carbons (Fsp3) is 0.962. The highest BCUT2D eigenvalue weighted by Crippen LogP contribution is 2.70. The van der Waals surface area contributed by atoms with Crippen molar-refractivity contribution in [2.24, 2.45) is 46.3 Å². The van der Waals surface area contributed by atoms with Crippen LogP contribution in [0.3, 0.4) is 0 Å². The van der Waals surface area contributed by atoms with Gasteiger partial charge in [0.25, 0.3) is 0 Å². The van der Waals surface area contributed by atoms with Gasteiger partial charge in [-0.25, -0.2) is 0 Å². The van der Waals surface area contributed by atoms with E-state index in [-0.39, 0.29) is 41.3 Å². The normalized spacial score (nSPS) is 54.9. The molecule has 3 saturated carbocycles. The first-order chi connectivity index (χ1) is 35.0. The van der Waals surface area contributed by atoms with Gasteiger partial charge in [-0.2, -0.15) is 0 Å². The fourth-order valence-electron chi connectivity index (χ4n) is 15.3. The molecule has 0 aromatic rings. The van der Waals surface area contributed by atoms with Gasteiger partial charge in [0.2, 0.25) is 0 Å². The van der Waals surface area contributed by atoms with E-state index in [1.54, 1.807) is 7.11 Å². The van der Waals surface area contributed by atoms with Gasteiger partial charge in [0, 0.05) is 19.4 Å². The van der Waals surface area contributed by atoms with Crippen molar-refractivity contribution >= 4 is 0 Å². The Morgan fingerprint density at radius 3 is 1.86 bits per heavy atom. The summed E-state index contributed by atoms with van der Waals surface area (Å²) in [6, 6.07) is 0. The van der Waals surface area contributed by atoms with Gasteiger partial charge in [-0.1, -0.05) is 39.3 Å². The van der Waals surface area contributed by atoms with Crippen molar-refractivity contribution < 1.29 is 109 Å². The molecule has 5 heterocycles. The summed E-state index contributed by atoms with van der Waals surface area (Å²) in [6.07, 6.45) is -19.4. The van der Waals surface area contributed by atoms with E-state index in [1.165, 1.54) is 19.4 Å². The predicted molar refractivity (Wildman–Crippen MR) is 254 cm³/mol. The summed E-state index contributed by atoms with van der Waals surface area (Å²) in [5.41, 5.74) is 1.19. The number of hydrogen-bond acceptors (Lipinski definition) is 22. The summed E-state index contributed by atoms with van der Waals surface area (Å²) >= 11 is 0. The van der Waals surface area contributed by atoms with Crippen LogP contribution in [-0.4, -0.2) is 229 Å². The van der Waals surface area contributed by atoms with Crippen LogP contribution in [0.5, 0.6) is 0 Å². The van der Waals surface area contributed by atoms with Crippen molar-refractivity contribution in [2.75, 3.05) is 26.9 Å². The smallest absolute Gasteiger partial charge is 0.187 e. The molecule has 12 N–H and O–H groups in total. The summed E-state index contributed by atoms with van der Waals surface area (Å²) in [5, 5.41) is 127. The number of aliphatic hydroxyl groups is 12. The van der Waals surface area contributed by atoms with Crippen LogP contribution < -0.4 is 0 Å². The maximum Gasteiger partial charge on any atom is 0.187 e. The Bertz CT molecular complexity index is 1920. The second kappa shape index (κ2) is 22.4. The summed E-state index contributed by atoms with van der Waals surface area (Å²) in [5.74, 6) is 0.884. The standard InChI is InChI=1S/C52H86O22/c1-21(20-66-46-40(61)39(60)36(57)31(18-53)70-46)10-15-52(65-7)22(2)33-30(74-52)17-29-27-9-8-25-16-26(11-13-50(25,5)28(27)12-14-51(29,33)6)69-49-45(73-48-42(63)38(59)35(56)24(4)68-48)43(64)44(32(19-54)71-49)72-47-41(62)37(58)34(55)23(3)67-47/h8,21-24,26-49,53-64H,9-20H2,1-7H3/t21-,22+,23+,24+,26+,27-,28+,29+,30+,31-,32-,33+,34+,35+,36-,37-,38-,39+,40-,41-,42-,43+,44+,45-,46-,47+,48+,49-,50+,51+,52-/m1/s1. The highest BCUT2D eigenvalue weighted by atomic mass is 16.8. The molecular formula is C52H86O22. The molecule has 0 radical (unpaired) electrons. The van der Waals surface area contributed by atoms with Gasteiger partial charge in [-0.15, -0.1) is 0 Å². The van der Waals surface area contributed by atoms with Gasteiger partial charge < -0.3 is 109 Å². The minimum atomic E-state index is -1.74. The Hall–Kier alpha value is -1.14. The maximum atomic E-state index is 12.1. The van der Waals surface area contributed by atoms with E-state index in [4.69, 9.17) is 47.4 Å². The molecule has 4 aliphatic carbocycles. The maximum absolute atomic E-state index is 12.1. The molecule has 5 aliphatic heterocycles. The van der Waals surface area contributed by atoms with Gasteiger partial charge in [-0.05, 0) is 106 Å². The van der Waals surface area contributed by atoms with Crippen LogP contribution in [-0.2, 0) is 47.4 Å². The van der Waals surface area contributed by atoms with Crippen molar-refractivity contribution in [1.82, 2.24) is 0 Å². The van der Waals surface area contributed by atoms with Crippen LogP contribution in [0.1, 0.15) is 99.3 Å². The zero-order chi connectivity index (χ0) is 53.5. The number of allylic oxidation sites excluding steroid dienone is 1. The Morgan fingerprint density at radius 2 is 1.24 bits per heavy atom.